The summed E-state index contributed by atoms with van der Waals surface area (Å²) in [4.78, 5) is 23.4. The van der Waals surface area contributed by atoms with E-state index in [4.69, 9.17) is 5.73 Å². The normalized spacial score (nSPS) is 11.5. The average Bonchev–Trinajstić information content (AvgIpc) is 2.55. The predicted octanol–water partition coefficient (Wildman–Crippen LogP) is 1.76. The Morgan fingerprint density at radius 1 is 1.04 bits per heavy atom. The third-order valence-electron chi connectivity index (χ3n) is 3.52. The highest BCUT2D eigenvalue weighted by molar-refractivity contribution is 5.86. The molecule has 3 amide bonds. The Bertz CT molecular complexity index is 692. The molecule has 0 spiro atoms. The zero-order valence-corrected chi connectivity index (χ0v) is 13.2. The molecule has 1 unspecified atom stereocenters. The van der Waals surface area contributed by atoms with Crippen LogP contribution in [-0.2, 0) is 17.6 Å². The van der Waals surface area contributed by atoms with E-state index >= 15 is 0 Å². The van der Waals surface area contributed by atoms with E-state index in [9.17, 15) is 14.0 Å². The van der Waals surface area contributed by atoms with Crippen LogP contribution in [0, 0.1) is 5.82 Å². The summed E-state index contributed by atoms with van der Waals surface area (Å²) in [7, 11) is 0. The first kappa shape index (κ1) is 17.5. The van der Waals surface area contributed by atoms with Crippen LogP contribution in [0.4, 0.5) is 9.18 Å². The first-order valence-electron chi connectivity index (χ1n) is 7.66. The lowest BCUT2D eigenvalue weighted by atomic mass is 10.1. The number of nitrogens with one attached hydrogen (secondary N) is 2. The molecule has 0 aliphatic carbocycles. The fourth-order valence-corrected chi connectivity index (χ4v) is 2.38. The molecule has 0 bridgehead atoms. The van der Waals surface area contributed by atoms with Crippen LogP contribution in [0.1, 0.15) is 11.1 Å². The van der Waals surface area contributed by atoms with E-state index in [-0.39, 0.29) is 11.7 Å². The SMILES string of the molecule is NC(=O)NC(Cc1ccccc1)C(=O)NCCc1cccc(F)c1. The van der Waals surface area contributed by atoms with Crippen LogP contribution in [0.2, 0.25) is 0 Å². The third kappa shape index (κ3) is 5.72. The maximum atomic E-state index is 13.1. The maximum absolute atomic E-state index is 13.1. The number of benzene rings is 2. The zero-order chi connectivity index (χ0) is 17.4. The Morgan fingerprint density at radius 2 is 1.75 bits per heavy atom. The number of hydrogen-bond donors (Lipinski definition) is 3. The van der Waals surface area contributed by atoms with Gasteiger partial charge in [-0.2, -0.15) is 0 Å². The molecule has 5 nitrogen and oxygen atoms in total. The van der Waals surface area contributed by atoms with Crippen LogP contribution >= 0.6 is 0 Å². The van der Waals surface area contributed by atoms with Gasteiger partial charge >= 0.3 is 6.03 Å². The topological polar surface area (TPSA) is 84.2 Å². The van der Waals surface area contributed by atoms with Gasteiger partial charge in [-0.1, -0.05) is 42.5 Å². The highest BCUT2D eigenvalue weighted by atomic mass is 19.1. The fraction of sp³-hybridized carbons (Fsp3) is 0.222. The summed E-state index contributed by atoms with van der Waals surface area (Å²) in [6.45, 7) is 0.341. The molecule has 0 aromatic heterocycles. The van der Waals surface area contributed by atoms with Crippen LogP contribution in [0.3, 0.4) is 0 Å². The number of nitrogens with two attached hydrogens (primary N) is 1. The van der Waals surface area contributed by atoms with Gasteiger partial charge < -0.3 is 16.4 Å². The van der Waals surface area contributed by atoms with Crippen molar-refractivity contribution in [1.29, 1.82) is 0 Å². The second-order valence-corrected chi connectivity index (χ2v) is 5.42. The Labute approximate surface area is 140 Å². The molecule has 2 rings (SSSR count). The molecule has 0 fully saturated rings. The van der Waals surface area contributed by atoms with Gasteiger partial charge in [0, 0.05) is 13.0 Å². The second-order valence-electron chi connectivity index (χ2n) is 5.42. The smallest absolute Gasteiger partial charge is 0.312 e. The first-order chi connectivity index (χ1) is 11.5. The van der Waals surface area contributed by atoms with E-state index in [1.165, 1.54) is 12.1 Å². The number of hydrogen-bond acceptors (Lipinski definition) is 2. The van der Waals surface area contributed by atoms with Crippen molar-refractivity contribution >= 4 is 11.9 Å². The Hall–Kier alpha value is -2.89. The monoisotopic (exact) mass is 329 g/mol. The predicted molar refractivity (Wildman–Crippen MR) is 89.8 cm³/mol. The van der Waals surface area contributed by atoms with Crippen LogP contribution in [0.15, 0.2) is 54.6 Å². The number of rotatable bonds is 7. The first-order valence-corrected chi connectivity index (χ1v) is 7.66. The largest absolute Gasteiger partial charge is 0.354 e. The Balaban J connectivity index is 1.91. The molecule has 126 valence electrons. The standard InChI is InChI=1S/C18H20FN3O2/c19-15-8-4-7-14(11-15)9-10-21-17(23)16(22-18(20)24)12-13-5-2-1-3-6-13/h1-8,11,16H,9-10,12H2,(H,21,23)(H3,20,22,24). The molecular formula is C18H20FN3O2. The molecule has 0 saturated carbocycles. The minimum Gasteiger partial charge on any atom is -0.354 e. The Kier molecular flexibility index (Phi) is 6.31. The summed E-state index contributed by atoms with van der Waals surface area (Å²) in [5, 5.41) is 5.20. The van der Waals surface area contributed by atoms with Gasteiger partial charge in [0.25, 0.3) is 0 Å². The molecule has 2 aromatic rings. The number of halogens is 1. The summed E-state index contributed by atoms with van der Waals surface area (Å²) in [5.74, 6) is -0.634. The van der Waals surface area contributed by atoms with Crippen molar-refractivity contribution in [3.8, 4) is 0 Å². The fourth-order valence-electron chi connectivity index (χ4n) is 2.38. The van der Waals surface area contributed by atoms with Gasteiger partial charge in [-0.3, -0.25) is 4.79 Å². The number of urea groups is 1. The molecular weight excluding hydrogens is 309 g/mol. The molecule has 0 radical (unpaired) electrons. The van der Waals surface area contributed by atoms with E-state index in [2.05, 4.69) is 10.6 Å². The molecule has 2 aromatic carbocycles. The summed E-state index contributed by atoms with van der Waals surface area (Å²) in [6.07, 6.45) is 0.841. The van der Waals surface area contributed by atoms with Gasteiger partial charge in [-0.25, -0.2) is 9.18 Å². The van der Waals surface area contributed by atoms with E-state index in [1.807, 2.05) is 30.3 Å². The van der Waals surface area contributed by atoms with Gasteiger partial charge in [0.05, 0.1) is 0 Å². The number of primary amides is 1. The highest BCUT2D eigenvalue weighted by Gasteiger charge is 2.19. The molecule has 24 heavy (non-hydrogen) atoms. The van der Waals surface area contributed by atoms with Crippen molar-refractivity contribution < 1.29 is 14.0 Å². The van der Waals surface area contributed by atoms with E-state index in [1.54, 1.807) is 12.1 Å². The molecule has 0 aliphatic heterocycles. The minimum atomic E-state index is -0.754. The Morgan fingerprint density at radius 3 is 2.42 bits per heavy atom. The number of carbonyl (C=O) groups is 2. The van der Waals surface area contributed by atoms with E-state index in [0.29, 0.717) is 19.4 Å². The number of carbonyl (C=O) groups excluding carboxylic acids is 2. The lowest BCUT2D eigenvalue weighted by molar-refractivity contribution is -0.122. The lowest BCUT2D eigenvalue weighted by Crippen LogP contribution is -2.50. The van der Waals surface area contributed by atoms with Crippen molar-refractivity contribution in [3.05, 3.63) is 71.5 Å². The van der Waals surface area contributed by atoms with Crippen molar-refractivity contribution in [2.75, 3.05) is 6.54 Å². The van der Waals surface area contributed by atoms with E-state index < -0.39 is 12.1 Å². The van der Waals surface area contributed by atoms with Crippen LogP contribution in [0.25, 0.3) is 0 Å². The van der Waals surface area contributed by atoms with E-state index in [0.717, 1.165) is 11.1 Å². The average molecular weight is 329 g/mol. The quantitative estimate of drug-likeness (QED) is 0.723. The van der Waals surface area contributed by atoms with Crippen molar-refractivity contribution in [2.45, 2.75) is 18.9 Å². The molecule has 6 heteroatoms. The zero-order valence-electron chi connectivity index (χ0n) is 13.2. The molecule has 4 N–H and O–H groups in total. The summed E-state index contributed by atoms with van der Waals surface area (Å²) in [6, 6.07) is 14.0. The van der Waals surface area contributed by atoms with Gasteiger partial charge in [-0.15, -0.1) is 0 Å². The van der Waals surface area contributed by atoms with Gasteiger partial charge in [0.1, 0.15) is 11.9 Å². The molecule has 0 heterocycles. The number of amides is 3. The van der Waals surface area contributed by atoms with Crippen LogP contribution in [0.5, 0.6) is 0 Å². The van der Waals surface area contributed by atoms with Crippen LogP contribution in [-0.4, -0.2) is 24.5 Å². The van der Waals surface area contributed by atoms with Crippen LogP contribution < -0.4 is 16.4 Å². The van der Waals surface area contributed by atoms with Gasteiger partial charge in [-0.05, 0) is 29.7 Å². The summed E-state index contributed by atoms with van der Waals surface area (Å²) < 4.78 is 13.1. The molecule has 0 aliphatic rings. The molecule has 0 saturated heterocycles. The second kappa shape index (κ2) is 8.67. The summed E-state index contributed by atoms with van der Waals surface area (Å²) in [5.41, 5.74) is 6.85. The maximum Gasteiger partial charge on any atom is 0.312 e. The van der Waals surface area contributed by atoms with Gasteiger partial charge in [0.15, 0.2) is 0 Å². The summed E-state index contributed by atoms with van der Waals surface area (Å²) >= 11 is 0. The van der Waals surface area contributed by atoms with Crippen molar-refractivity contribution in [3.63, 3.8) is 0 Å². The van der Waals surface area contributed by atoms with Crippen molar-refractivity contribution in [2.24, 2.45) is 5.73 Å². The molecule has 1 atom stereocenters. The van der Waals surface area contributed by atoms with Gasteiger partial charge in [0.2, 0.25) is 5.91 Å². The van der Waals surface area contributed by atoms with Crippen molar-refractivity contribution in [1.82, 2.24) is 10.6 Å². The highest BCUT2D eigenvalue weighted by Crippen LogP contribution is 2.05. The third-order valence-corrected chi connectivity index (χ3v) is 3.52. The minimum absolute atomic E-state index is 0.309. The lowest BCUT2D eigenvalue weighted by Gasteiger charge is -2.17.